The molecule has 2 heterocycles. The Morgan fingerprint density at radius 3 is 2.62 bits per heavy atom. The molecular formula is C25H24ClN3O4S. The molecule has 0 bridgehead atoms. The Morgan fingerprint density at radius 1 is 1.03 bits per heavy atom. The third kappa shape index (κ3) is 4.13. The minimum atomic E-state index is -3.67. The first-order valence-corrected chi connectivity index (χ1v) is 12.7. The second-order valence-corrected chi connectivity index (χ2v) is 10.6. The fourth-order valence-corrected chi connectivity index (χ4v) is 6.24. The molecule has 9 heteroatoms. The quantitative estimate of drug-likeness (QED) is 0.513. The third-order valence-electron chi connectivity index (χ3n) is 6.01. The van der Waals surface area contributed by atoms with Gasteiger partial charge in [0.15, 0.2) is 5.75 Å². The fourth-order valence-electron chi connectivity index (χ4n) is 4.32. The Kier molecular flexibility index (Phi) is 5.97. The monoisotopic (exact) mass is 497 g/mol. The summed E-state index contributed by atoms with van der Waals surface area (Å²) in [6.45, 7) is 3.19. The van der Waals surface area contributed by atoms with E-state index in [1.165, 1.54) is 10.4 Å². The molecular weight excluding hydrogens is 474 g/mol. The van der Waals surface area contributed by atoms with Crippen LogP contribution < -0.4 is 9.47 Å². The van der Waals surface area contributed by atoms with E-state index in [2.05, 4.69) is 4.90 Å². The van der Waals surface area contributed by atoms with Gasteiger partial charge < -0.3 is 14.4 Å². The van der Waals surface area contributed by atoms with Crippen LogP contribution in [0.15, 0.2) is 76.6 Å². The van der Waals surface area contributed by atoms with Crippen LogP contribution in [0.4, 0.5) is 5.69 Å². The molecule has 1 atom stereocenters. The smallest absolute Gasteiger partial charge is 0.243 e. The van der Waals surface area contributed by atoms with Crippen LogP contribution in [0.2, 0.25) is 5.02 Å². The van der Waals surface area contributed by atoms with Crippen LogP contribution in [0.25, 0.3) is 0 Å². The number of halogens is 1. The lowest BCUT2D eigenvalue weighted by atomic mass is 10.1. The zero-order valence-electron chi connectivity index (χ0n) is 18.8. The van der Waals surface area contributed by atoms with Crippen LogP contribution in [0, 0.1) is 0 Å². The maximum Gasteiger partial charge on any atom is 0.243 e. The molecule has 0 aromatic heterocycles. The minimum absolute atomic E-state index is 0.201. The van der Waals surface area contributed by atoms with Gasteiger partial charge in [-0.05, 0) is 49.4 Å². The van der Waals surface area contributed by atoms with Crippen LogP contribution in [-0.2, 0) is 10.0 Å². The summed E-state index contributed by atoms with van der Waals surface area (Å²) >= 11 is 6.05. The van der Waals surface area contributed by atoms with Crippen molar-refractivity contribution >= 4 is 33.1 Å². The zero-order valence-corrected chi connectivity index (χ0v) is 20.4. The van der Waals surface area contributed by atoms with E-state index in [-0.39, 0.29) is 10.9 Å². The van der Waals surface area contributed by atoms with E-state index in [1.54, 1.807) is 25.3 Å². The summed E-state index contributed by atoms with van der Waals surface area (Å²) < 4.78 is 39.7. The van der Waals surface area contributed by atoms with Crippen molar-refractivity contribution in [2.24, 2.45) is 4.99 Å². The van der Waals surface area contributed by atoms with Gasteiger partial charge in [-0.2, -0.15) is 4.31 Å². The molecule has 1 saturated heterocycles. The van der Waals surface area contributed by atoms with Gasteiger partial charge in [0.1, 0.15) is 23.0 Å². The molecule has 34 heavy (non-hydrogen) atoms. The summed E-state index contributed by atoms with van der Waals surface area (Å²) in [4.78, 5) is 7.26. The predicted octanol–water partition coefficient (Wildman–Crippen LogP) is 4.93. The van der Waals surface area contributed by atoms with E-state index in [1.807, 2.05) is 49.4 Å². The number of piperazine rings is 1. The summed E-state index contributed by atoms with van der Waals surface area (Å²) in [6, 6.07) is 19.4. The van der Waals surface area contributed by atoms with Gasteiger partial charge in [0.2, 0.25) is 10.0 Å². The summed E-state index contributed by atoms with van der Waals surface area (Å²) in [5, 5.41) is 0.394. The van der Waals surface area contributed by atoms with Crippen molar-refractivity contribution in [2.45, 2.75) is 17.9 Å². The van der Waals surface area contributed by atoms with Crippen molar-refractivity contribution in [1.29, 1.82) is 0 Å². The number of para-hydroxylation sites is 2. The summed E-state index contributed by atoms with van der Waals surface area (Å²) in [6.07, 6.45) is 0. The Morgan fingerprint density at radius 2 is 1.85 bits per heavy atom. The van der Waals surface area contributed by atoms with Crippen LogP contribution >= 0.6 is 11.6 Å². The second-order valence-electron chi connectivity index (χ2n) is 8.24. The van der Waals surface area contributed by atoms with Gasteiger partial charge in [-0.15, -0.1) is 0 Å². The van der Waals surface area contributed by atoms with Crippen molar-refractivity contribution in [1.82, 2.24) is 9.21 Å². The molecule has 7 nitrogen and oxygen atoms in total. The molecule has 0 spiro atoms. The second kappa shape index (κ2) is 8.94. The number of hydrogen-bond donors (Lipinski definition) is 0. The number of ether oxygens (including phenoxy) is 2. The standard InChI is InChI=1S/C25H24ClN3O4S/c1-17-16-28(12-13-29(17)34(30,31)20-7-5-6-18(26)14-20)25-21-11-10-19(32-2)15-24(21)33-23-9-4-3-8-22(23)27-25/h3-11,14-15,17H,12-13,16H2,1-2H3. The fraction of sp³-hybridized carbons (Fsp3) is 0.240. The topological polar surface area (TPSA) is 71.4 Å². The zero-order chi connectivity index (χ0) is 23.9. The van der Waals surface area contributed by atoms with E-state index in [0.717, 1.165) is 11.4 Å². The molecule has 0 N–H and O–H groups in total. The number of benzene rings is 3. The van der Waals surface area contributed by atoms with Gasteiger partial charge in [0, 0.05) is 36.8 Å². The van der Waals surface area contributed by atoms with Gasteiger partial charge in [0.25, 0.3) is 0 Å². The highest BCUT2D eigenvalue weighted by molar-refractivity contribution is 7.89. The Bertz CT molecular complexity index is 1380. The van der Waals surface area contributed by atoms with E-state index >= 15 is 0 Å². The van der Waals surface area contributed by atoms with Crippen molar-refractivity contribution in [2.75, 3.05) is 26.7 Å². The molecule has 2 aliphatic rings. The lowest BCUT2D eigenvalue weighted by molar-refractivity contribution is 0.205. The molecule has 3 aromatic carbocycles. The summed E-state index contributed by atoms with van der Waals surface area (Å²) in [5.41, 5.74) is 1.55. The van der Waals surface area contributed by atoms with Crippen LogP contribution in [0.5, 0.6) is 17.2 Å². The minimum Gasteiger partial charge on any atom is -0.497 e. The number of aliphatic imine (C=N–C) groups is 1. The third-order valence-corrected chi connectivity index (χ3v) is 8.25. The molecule has 0 aliphatic carbocycles. The lowest BCUT2D eigenvalue weighted by Gasteiger charge is -2.40. The van der Waals surface area contributed by atoms with Gasteiger partial charge in [-0.3, -0.25) is 0 Å². The van der Waals surface area contributed by atoms with Crippen molar-refractivity contribution < 1.29 is 17.9 Å². The molecule has 0 saturated carbocycles. The molecule has 2 aliphatic heterocycles. The molecule has 0 amide bonds. The molecule has 1 fully saturated rings. The van der Waals surface area contributed by atoms with Gasteiger partial charge >= 0.3 is 0 Å². The molecule has 0 radical (unpaired) electrons. The first kappa shape index (κ1) is 22.7. The first-order valence-electron chi connectivity index (χ1n) is 10.9. The molecule has 3 aromatic rings. The largest absolute Gasteiger partial charge is 0.497 e. The first-order chi connectivity index (χ1) is 16.4. The summed E-state index contributed by atoms with van der Waals surface area (Å²) in [5.74, 6) is 2.73. The highest BCUT2D eigenvalue weighted by Gasteiger charge is 2.36. The number of methoxy groups -OCH3 is 1. The number of sulfonamides is 1. The summed E-state index contributed by atoms with van der Waals surface area (Å²) in [7, 11) is -2.06. The lowest BCUT2D eigenvalue weighted by Crippen LogP contribution is -2.55. The Hall–Kier alpha value is -3.07. The van der Waals surface area contributed by atoms with Crippen LogP contribution in [0.3, 0.4) is 0 Å². The highest BCUT2D eigenvalue weighted by Crippen LogP contribution is 2.40. The van der Waals surface area contributed by atoms with E-state index in [0.29, 0.717) is 47.6 Å². The van der Waals surface area contributed by atoms with Gasteiger partial charge in [-0.25, -0.2) is 13.4 Å². The van der Waals surface area contributed by atoms with Crippen molar-refractivity contribution in [3.05, 3.63) is 77.3 Å². The van der Waals surface area contributed by atoms with Crippen molar-refractivity contribution in [3.8, 4) is 17.2 Å². The maximum atomic E-state index is 13.3. The van der Waals surface area contributed by atoms with E-state index in [4.69, 9.17) is 26.1 Å². The van der Waals surface area contributed by atoms with Crippen LogP contribution in [-0.4, -0.2) is 56.2 Å². The van der Waals surface area contributed by atoms with Gasteiger partial charge in [0.05, 0.1) is 17.6 Å². The Balaban J connectivity index is 1.49. The molecule has 176 valence electrons. The SMILES string of the molecule is COc1ccc2c(c1)Oc1ccccc1N=C2N1CCN(S(=O)(=O)c2cccc(Cl)c2)C(C)C1. The Labute approximate surface area is 204 Å². The number of fused-ring (bicyclic) bond motifs is 2. The maximum absolute atomic E-state index is 13.3. The number of nitrogens with zero attached hydrogens (tertiary/aromatic N) is 3. The van der Waals surface area contributed by atoms with Gasteiger partial charge in [-0.1, -0.05) is 29.8 Å². The number of hydrogen-bond acceptors (Lipinski definition) is 6. The molecule has 1 unspecified atom stereocenters. The predicted molar refractivity (Wildman–Crippen MR) is 132 cm³/mol. The average Bonchev–Trinajstić information content (AvgIpc) is 3.00. The number of rotatable bonds is 3. The highest BCUT2D eigenvalue weighted by atomic mass is 35.5. The number of amidine groups is 1. The normalized spacial score (nSPS) is 18.3. The van der Waals surface area contributed by atoms with E-state index < -0.39 is 10.0 Å². The van der Waals surface area contributed by atoms with Crippen molar-refractivity contribution in [3.63, 3.8) is 0 Å². The van der Waals surface area contributed by atoms with E-state index in [9.17, 15) is 8.42 Å². The molecule has 5 rings (SSSR count). The average molecular weight is 498 g/mol. The van der Waals surface area contributed by atoms with Crippen LogP contribution in [0.1, 0.15) is 12.5 Å².